The van der Waals surface area contributed by atoms with E-state index >= 15 is 0 Å². The number of hydrazone groups is 1. The van der Waals surface area contributed by atoms with Crippen molar-refractivity contribution in [3.05, 3.63) is 78.6 Å². The van der Waals surface area contributed by atoms with Crippen LogP contribution in [-0.2, 0) is 6.54 Å². The number of thioether (sulfide) groups is 1. The van der Waals surface area contributed by atoms with E-state index in [2.05, 4.69) is 104 Å². The van der Waals surface area contributed by atoms with Crippen molar-refractivity contribution in [3.63, 3.8) is 0 Å². The Morgan fingerprint density at radius 2 is 1.80 bits per heavy atom. The Labute approximate surface area is 209 Å². The molecule has 0 amide bonds. The summed E-state index contributed by atoms with van der Waals surface area (Å²) in [5.74, 6) is 0. The Bertz CT molecular complexity index is 1350. The highest BCUT2D eigenvalue weighted by Crippen LogP contribution is 2.28. The topological polar surface area (TPSA) is 60.2 Å². The second kappa shape index (κ2) is 9.73. The number of hydrogen-bond donors (Lipinski definition) is 2. The van der Waals surface area contributed by atoms with E-state index < -0.39 is 0 Å². The third kappa shape index (κ3) is 4.91. The standard InChI is InChI=1S/C27H29N7S/c1-32-10-12-33(13-11-32)18-20-4-2-5-21(14-20)22-8-9-34-25(17-28-26(34)16-22)23-6-3-7-24(15-23)30-27-31-29-19-35-27/h2-9,14-17,19,27,30-31H,10-13,18H2,1H3. The number of nitrogens with zero attached hydrogens (tertiary/aromatic N) is 5. The molecule has 6 rings (SSSR count). The highest BCUT2D eigenvalue weighted by atomic mass is 32.2. The molecule has 2 aromatic heterocycles. The van der Waals surface area contributed by atoms with Crippen molar-refractivity contribution >= 4 is 28.6 Å². The lowest BCUT2D eigenvalue weighted by Gasteiger charge is -2.32. The van der Waals surface area contributed by atoms with Gasteiger partial charge in [0.05, 0.1) is 17.4 Å². The molecule has 0 spiro atoms. The molecule has 178 valence electrons. The van der Waals surface area contributed by atoms with E-state index in [4.69, 9.17) is 4.98 Å². The molecule has 8 heteroatoms. The first-order valence-corrected chi connectivity index (χ1v) is 12.9. The van der Waals surface area contributed by atoms with Crippen LogP contribution in [0.5, 0.6) is 0 Å². The quantitative estimate of drug-likeness (QED) is 0.424. The minimum Gasteiger partial charge on any atom is -0.355 e. The summed E-state index contributed by atoms with van der Waals surface area (Å²) in [6.45, 7) is 5.54. The molecule has 0 saturated carbocycles. The number of pyridine rings is 1. The largest absolute Gasteiger partial charge is 0.355 e. The van der Waals surface area contributed by atoms with Gasteiger partial charge in [-0.3, -0.25) is 14.7 Å². The molecule has 1 atom stereocenters. The second-order valence-corrected chi connectivity index (χ2v) is 10.1. The van der Waals surface area contributed by atoms with Crippen LogP contribution in [0.25, 0.3) is 28.0 Å². The zero-order chi connectivity index (χ0) is 23.6. The monoisotopic (exact) mass is 483 g/mol. The highest BCUT2D eigenvalue weighted by molar-refractivity contribution is 8.12. The van der Waals surface area contributed by atoms with Crippen molar-refractivity contribution in [2.75, 3.05) is 38.5 Å². The SMILES string of the molecule is CN1CCN(Cc2cccc(-c3ccn4c(-c5cccc(NC6NN=CS6)c5)cnc4c3)c2)CC1. The number of piperazine rings is 1. The maximum absolute atomic E-state index is 4.73. The molecule has 2 aliphatic heterocycles. The van der Waals surface area contributed by atoms with Gasteiger partial charge >= 0.3 is 0 Å². The van der Waals surface area contributed by atoms with Gasteiger partial charge in [-0.15, -0.1) is 0 Å². The lowest BCUT2D eigenvalue weighted by Crippen LogP contribution is -2.43. The van der Waals surface area contributed by atoms with Crippen molar-refractivity contribution in [3.8, 4) is 22.4 Å². The molecule has 1 saturated heterocycles. The molecule has 4 aromatic rings. The Balaban J connectivity index is 1.22. The molecule has 2 aromatic carbocycles. The lowest BCUT2D eigenvalue weighted by atomic mass is 10.0. The summed E-state index contributed by atoms with van der Waals surface area (Å²) in [4.78, 5) is 9.67. The van der Waals surface area contributed by atoms with Gasteiger partial charge in [0.25, 0.3) is 0 Å². The third-order valence-electron chi connectivity index (χ3n) is 6.67. The maximum atomic E-state index is 4.73. The Morgan fingerprint density at radius 1 is 0.971 bits per heavy atom. The highest BCUT2D eigenvalue weighted by Gasteiger charge is 2.15. The molecule has 7 nitrogen and oxygen atoms in total. The molecule has 0 aliphatic carbocycles. The zero-order valence-corrected chi connectivity index (χ0v) is 20.6. The zero-order valence-electron chi connectivity index (χ0n) is 19.8. The average molecular weight is 484 g/mol. The minimum absolute atomic E-state index is 0.0574. The number of nitrogens with one attached hydrogen (secondary N) is 2. The minimum atomic E-state index is 0.0574. The molecule has 0 bridgehead atoms. The smallest absolute Gasteiger partial charge is 0.166 e. The fraction of sp³-hybridized carbons (Fsp3) is 0.259. The molecular weight excluding hydrogens is 454 g/mol. The van der Waals surface area contributed by atoms with E-state index in [9.17, 15) is 0 Å². The number of likely N-dealkylation sites (N-methyl/N-ethyl adjacent to an activating group) is 1. The molecule has 2 N–H and O–H groups in total. The van der Waals surface area contributed by atoms with Crippen molar-refractivity contribution < 1.29 is 0 Å². The van der Waals surface area contributed by atoms with Crippen LogP contribution in [0.1, 0.15) is 5.56 Å². The fourth-order valence-electron chi connectivity index (χ4n) is 4.69. The van der Waals surface area contributed by atoms with Crippen LogP contribution in [0.4, 0.5) is 5.69 Å². The van der Waals surface area contributed by atoms with Gasteiger partial charge in [-0.25, -0.2) is 4.98 Å². The van der Waals surface area contributed by atoms with Gasteiger partial charge in [-0.2, -0.15) is 5.10 Å². The van der Waals surface area contributed by atoms with Crippen LogP contribution in [0.2, 0.25) is 0 Å². The van der Waals surface area contributed by atoms with Crippen LogP contribution in [0.15, 0.2) is 78.2 Å². The van der Waals surface area contributed by atoms with Gasteiger partial charge in [0.1, 0.15) is 5.65 Å². The van der Waals surface area contributed by atoms with Gasteiger partial charge in [-0.1, -0.05) is 42.1 Å². The van der Waals surface area contributed by atoms with Gasteiger partial charge in [0.2, 0.25) is 0 Å². The number of rotatable bonds is 6. The average Bonchev–Trinajstić information content (AvgIpc) is 3.55. The Hall–Kier alpha value is -3.33. The molecule has 1 unspecified atom stereocenters. The van der Waals surface area contributed by atoms with E-state index in [0.717, 1.165) is 55.3 Å². The number of benzene rings is 2. The number of fused-ring (bicyclic) bond motifs is 1. The number of anilines is 1. The van der Waals surface area contributed by atoms with E-state index in [1.165, 1.54) is 16.7 Å². The molecule has 2 aliphatic rings. The summed E-state index contributed by atoms with van der Waals surface area (Å²) in [7, 11) is 2.20. The first kappa shape index (κ1) is 22.2. The summed E-state index contributed by atoms with van der Waals surface area (Å²) in [6, 6.07) is 21.7. The molecular formula is C27H29N7S. The molecule has 0 radical (unpaired) electrons. The van der Waals surface area contributed by atoms with Crippen molar-refractivity contribution in [1.82, 2.24) is 24.6 Å². The van der Waals surface area contributed by atoms with Crippen LogP contribution in [0, 0.1) is 0 Å². The van der Waals surface area contributed by atoms with Crippen LogP contribution in [0.3, 0.4) is 0 Å². The molecule has 1 fully saturated rings. The van der Waals surface area contributed by atoms with E-state index in [1.807, 2.05) is 11.7 Å². The summed E-state index contributed by atoms with van der Waals surface area (Å²) in [5, 5.41) is 7.50. The summed E-state index contributed by atoms with van der Waals surface area (Å²) in [6.07, 6.45) is 4.08. The van der Waals surface area contributed by atoms with Crippen molar-refractivity contribution in [2.45, 2.75) is 12.0 Å². The normalized spacial score (nSPS) is 18.7. The maximum Gasteiger partial charge on any atom is 0.166 e. The van der Waals surface area contributed by atoms with E-state index in [0.29, 0.717) is 0 Å². The lowest BCUT2D eigenvalue weighted by molar-refractivity contribution is 0.148. The third-order valence-corrected chi connectivity index (χ3v) is 7.40. The first-order valence-electron chi connectivity index (χ1n) is 12.0. The predicted octanol–water partition coefficient (Wildman–Crippen LogP) is 4.39. The van der Waals surface area contributed by atoms with Crippen molar-refractivity contribution in [2.24, 2.45) is 5.10 Å². The van der Waals surface area contributed by atoms with Gasteiger partial charge in [0.15, 0.2) is 5.50 Å². The van der Waals surface area contributed by atoms with E-state index in [1.54, 1.807) is 11.8 Å². The van der Waals surface area contributed by atoms with Gasteiger partial charge < -0.3 is 10.2 Å². The predicted molar refractivity (Wildman–Crippen MR) is 145 cm³/mol. The number of imidazole rings is 1. The van der Waals surface area contributed by atoms with Crippen molar-refractivity contribution in [1.29, 1.82) is 0 Å². The Kier molecular flexibility index (Phi) is 6.16. The number of hydrogen-bond acceptors (Lipinski definition) is 7. The summed E-state index contributed by atoms with van der Waals surface area (Å²) >= 11 is 1.62. The second-order valence-electron chi connectivity index (χ2n) is 9.17. The van der Waals surface area contributed by atoms with Crippen LogP contribution < -0.4 is 10.7 Å². The Morgan fingerprint density at radius 3 is 2.66 bits per heavy atom. The van der Waals surface area contributed by atoms with Crippen LogP contribution in [-0.4, -0.2) is 63.5 Å². The summed E-state index contributed by atoms with van der Waals surface area (Å²) < 4.78 is 2.16. The van der Waals surface area contributed by atoms with Gasteiger partial charge in [-0.05, 0) is 54.1 Å². The fourth-order valence-corrected chi connectivity index (χ4v) is 5.26. The van der Waals surface area contributed by atoms with Gasteiger partial charge in [0, 0.05) is 50.2 Å². The molecule has 35 heavy (non-hydrogen) atoms. The molecule has 4 heterocycles. The summed E-state index contributed by atoms with van der Waals surface area (Å²) in [5.41, 5.74) is 12.9. The first-order chi connectivity index (χ1) is 17.2. The van der Waals surface area contributed by atoms with E-state index in [-0.39, 0.29) is 5.50 Å². The number of aromatic nitrogens is 2. The van der Waals surface area contributed by atoms with Crippen LogP contribution >= 0.6 is 11.8 Å².